The van der Waals surface area contributed by atoms with Gasteiger partial charge in [-0.1, -0.05) is 97.1 Å². The van der Waals surface area contributed by atoms with E-state index in [4.69, 9.17) is 4.74 Å². The highest BCUT2D eigenvalue weighted by Crippen LogP contribution is 2.70. The maximum Gasteiger partial charge on any atom is 0.170 e. The molecule has 1 saturated carbocycles. The smallest absolute Gasteiger partial charge is 0.170 e. The number of hydrogen-bond donors (Lipinski definition) is 2. The normalized spacial score (nSPS) is 29.0. The number of carbonyl (C=O) groups is 1. The van der Waals surface area contributed by atoms with Crippen molar-refractivity contribution in [3.8, 4) is 5.75 Å². The molecule has 5 atom stereocenters. The number of rotatable bonds is 4. The molecule has 0 unspecified atom stereocenters. The predicted molar refractivity (Wildman–Crippen MR) is 133 cm³/mol. The van der Waals surface area contributed by atoms with Crippen LogP contribution in [0.3, 0.4) is 0 Å². The monoisotopic (exact) mass is 462 g/mol. The molecule has 0 saturated heterocycles. The van der Waals surface area contributed by atoms with Gasteiger partial charge < -0.3 is 14.9 Å². The average Bonchev–Trinajstić information content (AvgIpc) is 3.28. The molecule has 0 heterocycles. The number of ether oxygens (including phenoxy) is 1. The van der Waals surface area contributed by atoms with E-state index in [1.807, 2.05) is 91.0 Å². The second-order valence-electron chi connectivity index (χ2n) is 9.47. The third-order valence-electron chi connectivity index (χ3n) is 7.96. The summed E-state index contributed by atoms with van der Waals surface area (Å²) in [5.41, 5.74) is -0.288. The molecule has 0 aliphatic heterocycles. The average molecular weight is 463 g/mol. The number of carbonyl (C=O) groups excluding carboxylic acids is 1. The van der Waals surface area contributed by atoms with Gasteiger partial charge in [0, 0.05) is 17.4 Å². The van der Waals surface area contributed by atoms with Crippen LogP contribution in [0.2, 0.25) is 0 Å². The molecule has 0 radical (unpaired) electrons. The van der Waals surface area contributed by atoms with Gasteiger partial charge in [0.05, 0.1) is 13.0 Å². The van der Waals surface area contributed by atoms with Crippen LogP contribution >= 0.6 is 0 Å². The van der Waals surface area contributed by atoms with E-state index in [0.29, 0.717) is 22.4 Å². The third kappa shape index (κ3) is 2.84. The zero-order valence-corrected chi connectivity index (χ0v) is 19.3. The van der Waals surface area contributed by atoms with Gasteiger partial charge in [0.2, 0.25) is 0 Å². The molecular weight excluding hydrogens is 436 g/mol. The van der Waals surface area contributed by atoms with E-state index >= 15 is 0 Å². The van der Waals surface area contributed by atoms with Gasteiger partial charge in [-0.05, 0) is 34.4 Å². The van der Waals surface area contributed by atoms with Crippen LogP contribution in [0.4, 0.5) is 0 Å². The highest BCUT2D eigenvalue weighted by molar-refractivity contribution is 6.05. The standard InChI is InChI=1S/C31H26O4/c1-35-23-18-16-20(17-19-23)26-27(21-10-4-2-5-11-21)30(33,22-12-6-3-7-13-22)31(34)25-15-9-8-14-24(25)29(32)28(26)31/h2-19,26-28,33-34H,1H3/t26-,27-,28+,30-,31-/m1/s1. The molecule has 2 N–H and O–H groups in total. The summed E-state index contributed by atoms with van der Waals surface area (Å²) in [6.45, 7) is 0. The summed E-state index contributed by atoms with van der Waals surface area (Å²) in [7, 11) is 1.61. The minimum atomic E-state index is -1.81. The zero-order chi connectivity index (χ0) is 24.2. The van der Waals surface area contributed by atoms with Crippen LogP contribution in [-0.4, -0.2) is 23.1 Å². The third-order valence-corrected chi connectivity index (χ3v) is 7.96. The first-order chi connectivity index (χ1) is 17.0. The van der Waals surface area contributed by atoms with Crippen molar-refractivity contribution in [3.63, 3.8) is 0 Å². The lowest BCUT2D eigenvalue weighted by Gasteiger charge is -2.42. The van der Waals surface area contributed by atoms with Crippen molar-refractivity contribution in [2.24, 2.45) is 5.92 Å². The molecule has 174 valence electrons. The van der Waals surface area contributed by atoms with E-state index in [-0.39, 0.29) is 5.78 Å². The topological polar surface area (TPSA) is 66.8 Å². The maximum absolute atomic E-state index is 14.0. The second-order valence-corrected chi connectivity index (χ2v) is 9.47. The van der Waals surface area contributed by atoms with Gasteiger partial charge in [0.25, 0.3) is 0 Å². The highest BCUT2D eigenvalue weighted by Gasteiger charge is 2.75. The van der Waals surface area contributed by atoms with Gasteiger partial charge in [-0.2, -0.15) is 0 Å². The number of ketones is 1. The van der Waals surface area contributed by atoms with Gasteiger partial charge >= 0.3 is 0 Å². The fourth-order valence-electron chi connectivity index (χ4n) is 6.52. The zero-order valence-electron chi connectivity index (χ0n) is 19.3. The molecule has 0 amide bonds. The lowest BCUT2D eigenvalue weighted by Crippen LogP contribution is -2.49. The number of fused-ring (bicyclic) bond motifs is 3. The second kappa shape index (κ2) is 7.91. The van der Waals surface area contributed by atoms with Crippen LogP contribution in [0.15, 0.2) is 109 Å². The van der Waals surface area contributed by atoms with Gasteiger partial charge in [-0.25, -0.2) is 0 Å². The van der Waals surface area contributed by atoms with Crippen molar-refractivity contribution < 1.29 is 19.7 Å². The minimum absolute atomic E-state index is 0.142. The minimum Gasteiger partial charge on any atom is -0.497 e. The van der Waals surface area contributed by atoms with Crippen molar-refractivity contribution in [2.45, 2.75) is 23.0 Å². The van der Waals surface area contributed by atoms with E-state index in [1.165, 1.54) is 0 Å². The molecule has 0 aromatic heterocycles. The summed E-state index contributed by atoms with van der Waals surface area (Å²) in [6, 6.07) is 33.8. The molecule has 35 heavy (non-hydrogen) atoms. The van der Waals surface area contributed by atoms with Gasteiger partial charge in [-0.15, -0.1) is 0 Å². The summed E-state index contributed by atoms with van der Waals surface area (Å²) in [6.07, 6.45) is 0. The van der Waals surface area contributed by atoms with Crippen LogP contribution < -0.4 is 4.74 Å². The lowest BCUT2D eigenvalue weighted by molar-refractivity contribution is -0.159. The summed E-state index contributed by atoms with van der Waals surface area (Å²) in [4.78, 5) is 14.0. The number of methoxy groups -OCH3 is 1. The molecule has 2 aliphatic rings. The van der Waals surface area contributed by atoms with E-state index in [2.05, 4.69) is 0 Å². The molecule has 1 fully saturated rings. The summed E-state index contributed by atoms with van der Waals surface area (Å²) in [5.74, 6) is -1.34. The van der Waals surface area contributed by atoms with E-state index in [0.717, 1.165) is 11.1 Å². The van der Waals surface area contributed by atoms with Gasteiger partial charge in [0.1, 0.15) is 17.0 Å². The number of aliphatic hydroxyl groups is 2. The predicted octanol–water partition coefficient (Wildman–Crippen LogP) is 5.16. The Bertz CT molecular complexity index is 1380. The Kier molecular flexibility index (Phi) is 4.92. The molecule has 4 aromatic rings. The first-order valence-electron chi connectivity index (χ1n) is 11.8. The molecule has 4 aromatic carbocycles. The molecule has 0 spiro atoms. The molecule has 4 nitrogen and oxygen atoms in total. The Balaban J connectivity index is 1.70. The molecular formula is C31H26O4. The Morgan fingerprint density at radius 3 is 1.91 bits per heavy atom. The first kappa shape index (κ1) is 21.8. The van der Waals surface area contributed by atoms with Crippen molar-refractivity contribution >= 4 is 5.78 Å². The van der Waals surface area contributed by atoms with Gasteiger partial charge in [-0.3, -0.25) is 4.79 Å². The Hall–Kier alpha value is -3.73. The van der Waals surface area contributed by atoms with E-state index in [9.17, 15) is 15.0 Å². The summed E-state index contributed by atoms with van der Waals surface area (Å²) < 4.78 is 5.37. The summed E-state index contributed by atoms with van der Waals surface area (Å²) >= 11 is 0. The van der Waals surface area contributed by atoms with Crippen LogP contribution in [0.25, 0.3) is 0 Å². The molecule has 2 aliphatic carbocycles. The quantitative estimate of drug-likeness (QED) is 0.439. The Morgan fingerprint density at radius 1 is 0.657 bits per heavy atom. The van der Waals surface area contributed by atoms with Crippen molar-refractivity contribution in [3.05, 3.63) is 137 Å². The Labute approximate surface area is 204 Å². The van der Waals surface area contributed by atoms with Crippen molar-refractivity contribution in [1.82, 2.24) is 0 Å². The van der Waals surface area contributed by atoms with Crippen LogP contribution in [0, 0.1) is 5.92 Å². The molecule has 0 bridgehead atoms. The fraction of sp³-hybridized carbons (Fsp3) is 0.194. The largest absolute Gasteiger partial charge is 0.497 e. The highest BCUT2D eigenvalue weighted by atomic mass is 16.5. The maximum atomic E-state index is 14.0. The summed E-state index contributed by atoms with van der Waals surface area (Å²) in [5, 5.41) is 25.6. The SMILES string of the molecule is COc1ccc([C@H]2[C@H]3C(=O)c4ccccc4[C@]3(O)[C@@](O)(c3ccccc3)[C@@H]2c2ccccc2)cc1. The lowest BCUT2D eigenvalue weighted by atomic mass is 9.69. The van der Waals surface area contributed by atoms with Crippen molar-refractivity contribution in [1.29, 1.82) is 0 Å². The fourth-order valence-corrected chi connectivity index (χ4v) is 6.52. The number of hydrogen-bond acceptors (Lipinski definition) is 4. The van der Waals surface area contributed by atoms with Gasteiger partial charge in [0.15, 0.2) is 5.78 Å². The molecule has 6 rings (SSSR count). The van der Waals surface area contributed by atoms with Crippen molar-refractivity contribution in [2.75, 3.05) is 7.11 Å². The molecule has 4 heteroatoms. The first-order valence-corrected chi connectivity index (χ1v) is 11.8. The van der Waals surface area contributed by atoms with E-state index in [1.54, 1.807) is 25.3 Å². The number of Topliss-reactive ketones (excluding diaryl/α,β-unsaturated/α-hetero) is 1. The van der Waals surface area contributed by atoms with Crippen LogP contribution in [0.5, 0.6) is 5.75 Å². The number of benzene rings is 4. The van der Waals surface area contributed by atoms with Crippen LogP contribution in [-0.2, 0) is 11.2 Å². The van der Waals surface area contributed by atoms with Crippen LogP contribution in [0.1, 0.15) is 44.4 Å². The Morgan fingerprint density at radius 2 is 1.26 bits per heavy atom. The van der Waals surface area contributed by atoms with E-state index < -0.39 is 29.0 Å².